The van der Waals surface area contributed by atoms with Crippen molar-refractivity contribution in [3.63, 3.8) is 0 Å². The van der Waals surface area contributed by atoms with Crippen molar-refractivity contribution >= 4 is 29.2 Å². The molecule has 0 saturated carbocycles. The molecule has 0 spiro atoms. The Morgan fingerprint density at radius 2 is 1.71 bits per heavy atom. The first-order valence-electron chi connectivity index (χ1n) is 4.87. The zero-order chi connectivity index (χ0) is 12.4. The Morgan fingerprint density at radius 1 is 1.06 bits per heavy atom. The Morgan fingerprint density at radius 3 is 2.29 bits per heavy atom. The number of carboxylic acid groups (broad SMARTS) is 1. The highest BCUT2D eigenvalue weighted by atomic mass is 35.5. The molecule has 0 fully saturated rings. The monoisotopic (exact) mass is 266 g/mol. The second-order valence-electron chi connectivity index (χ2n) is 3.48. The van der Waals surface area contributed by atoms with E-state index in [-0.39, 0.29) is 10.6 Å². The molecule has 0 aliphatic carbocycles. The largest absolute Gasteiger partial charge is 0.478 e. The Kier molecular flexibility index (Phi) is 3.36. The van der Waals surface area contributed by atoms with E-state index in [1.807, 2.05) is 30.3 Å². The summed E-state index contributed by atoms with van der Waals surface area (Å²) in [6.45, 7) is 0. The van der Waals surface area contributed by atoms with Gasteiger partial charge < -0.3 is 5.11 Å². The molecule has 86 valence electrons. The molecule has 1 N–H and O–H groups in total. The average molecular weight is 267 g/mol. The molecule has 0 atom stereocenters. The van der Waals surface area contributed by atoms with Crippen molar-refractivity contribution in [1.82, 2.24) is 0 Å². The van der Waals surface area contributed by atoms with Gasteiger partial charge in [0.25, 0.3) is 0 Å². The number of carbonyl (C=O) groups is 1. The predicted molar refractivity (Wildman–Crippen MR) is 68.9 cm³/mol. The van der Waals surface area contributed by atoms with Crippen LogP contribution < -0.4 is 0 Å². The van der Waals surface area contributed by atoms with Crippen molar-refractivity contribution in [2.45, 2.75) is 0 Å². The summed E-state index contributed by atoms with van der Waals surface area (Å²) < 4.78 is 0. The van der Waals surface area contributed by atoms with Gasteiger partial charge in [0.2, 0.25) is 0 Å². The minimum atomic E-state index is -1.06. The van der Waals surface area contributed by atoms with Crippen LogP contribution in [0.15, 0.2) is 42.5 Å². The second-order valence-corrected chi connectivity index (χ2v) is 4.32. The van der Waals surface area contributed by atoms with Crippen molar-refractivity contribution in [1.29, 1.82) is 0 Å². The first-order valence-corrected chi connectivity index (χ1v) is 5.63. The molecule has 2 rings (SSSR count). The normalized spacial score (nSPS) is 10.2. The summed E-state index contributed by atoms with van der Waals surface area (Å²) in [5.41, 5.74) is 1.37. The number of aromatic carboxylic acids is 1. The van der Waals surface area contributed by atoms with E-state index < -0.39 is 5.97 Å². The van der Waals surface area contributed by atoms with E-state index in [1.54, 1.807) is 6.07 Å². The summed E-state index contributed by atoms with van der Waals surface area (Å²) in [6, 6.07) is 12.2. The summed E-state index contributed by atoms with van der Waals surface area (Å²) >= 11 is 11.8. The van der Waals surface area contributed by atoms with Crippen LogP contribution in [0, 0.1) is 0 Å². The summed E-state index contributed by atoms with van der Waals surface area (Å²) in [5.74, 6) is -1.06. The van der Waals surface area contributed by atoms with Gasteiger partial charge in [0.15, 0.2) is 0 Å². The Bertz CT molecular complexity index is 565. The lowest BCUT2D eigenvalue weighted by Gasteiger charge is -2.08. The quantitative estimate of drug-likeness (QED) is 0.877. The van der Waals surface area contributed by atoms with Crippen LogP contribution >= 0.6 is 23.2 Å². The molecule has 0 aliphatic rings. The molecular formula is C13H8Cl2O2. The fourth-order valence-corrected chi connectivity index (χ4v) is 2.21. The summed E-state index contributed by atoms with van der Waals surface area (Å²) in [7, 11) is 0. The first-order chi connectivity index (χ1) is 8.09. The SMILES string of the molecule is O=C(O)c1c(Cl)cc(Cl)cc1-c1ccccc1. The lowest BCUT2D eigenvalue weighted by atomic mass is 10.00. The van der Waals surface area contributed by atoms with Gasteiger partial charge in [0, 0.05) is 5.02 Å². The topological polar surface area (TPSA) is 37.3 Å². The smallest absolute Gasteiger partial charge is 0.337 e. The molecule has 0 saturated heterocycles. The van der Waals surface area contributed by atoms with E-state index >= 15 is 0 Å². The van der Waals surface area contributed by atoms with Crippen LogP contribution in [-0.2, 0) is 0 Å². The van der Waals surface area contributed by atoms with Crippen LogP contribution in [0.1, 0.15) is 10.4 Å². The molecule has 2 nitrogen and oxygen atoms in total. The molecule has 0 aromatic heterocycles. The molecule has 0 heterocycles. The van der Waals surface area contributed by atoms with Crippen LogP contribution in [0.2, 0.25) is 10.0 Å². The third-order valence-electron chi connectivity index (χ3n) is 2.35. The summed E-state index contributed by atoms with van der Waals surface area (Å²) in [5, 5.41) is 9.73. The van der Waals surface area contributed by atoms with Crippen molar-refractivity contribution in [3.05, 3.63) is 58.1 Å². The Labute approximate surface area is 108 Å². The van der Waals surface area contributed by atoms with Crippen molar-refractivity contribution < 1.29 is 9.90 Å². The molecular weight excluding hydrogens is 259 g/mol. The third kappa shape index (κ3) is 2.43. The standard InChI is InChI=1S/C13H8Cl2O2/c14-9-6-10(8-4-2-1-3-5-8)12(13(16)17)11(15)7-9/h1-7H,(H,16,17). The predicted octanol–water partition coefficient (Wildman–Crippen LogP) is 4.36. The fourth-order valence-electron chi connectivity index (χ4n) is 1.64. The van der Waals surface area contributed by atoms with Crippen LogP contribution in [0.25, 0.3) is 11.1 Å². The summed E-state index contributed by atoms with van der Waals surface area (Å²) in [6.07, 6.45) is 0. The van der Waals surface area contributed by atoms with Gasteiger partial charge in [0.1, 0.15) is 0 Å². The van der Waals surface area contributed by atoms with Gasteiger partial charge in [-0.1, -0.05) is 53.5 Å². The molecule has 4 heteroatoms. The van der Waals surface area contributed by atoms with Crippen LogP contribution in [0.3, 0.4) is 0 Å². The highest BCUT2D eigenvalue weighted by molar-refractivity contribution is 6.37. The number of hydrogen-bond acceptors (Lipinski definition) is 1. The van der Waals surface area contributed by atoms with Crippen molar-refractivity contribution in [2.24, 2.45) is 0 Å². The molecule has 0 aliphatic heterocycles. The van der Waals surface area contributed by atoms with E-state index in [0.717, 1.165) is 5.56 Å². The van der Waals surface area contributed by atoms with Gasteiger partial charge >= 0.3 is 5.97 Å². The van der Waals surface area contributed by atoms with E-state index in [0.29, 0.717) is 10.6 Å². The highest BCUT2D eigenvalue weighted by Crippen LogP contribution is 2.32. The van der Waals surface area contributed by atoms with E-state index in [9.17, 15) is 9.90 Å². The molecule has 2 aromatic carbocycles. The molecule has 0 radical (unpaired) electrons. The maximum absolute atomic E-state index is 11.2. The fraction of sp³-hybridized carbons (Fsp3) is 0. The maximum atomic E-state index is 11.2. The van der Waals surface area contributed by atoms with E-state index in [4.69, 9.17) is 23.2 Å². The first kappa shape index (κ1) is 12.0. The lowest BCUT2D eigenvalue weighted by molar-refractivity contribution is 0.0698. The molecule has 0 bridgehead atoms. The average Bonchev–Trinajstić information content (AvgIpc) is 2.28. The van der Waals surface area contributed by atoms with Gasteiger partial charge in [-0.15, -0.1) is 0 Å². The lowest BCUT2D eigenvalue weighted by Crippen LogP contribution is -2.01. The molecule has 0 unspecified atom stereocenters. The minimum absolute atomic E-state index is 0.0715. The second kappa shape index (κ2) is 4.78. The van der Waals surface area contributed by atoms with E-state index in [1.165, 1.54) is 6.07 Å². The minimum Gasteiger partial charge on any atom is -0.478 e. The Balaban J connectivity index is 2.72. The highest BCUT2D eigenvalue weighted by Gasteiger charge is 2.16. The molecule has 17 heavy (non-hydrogen) atoms. The molecule has 0 amide bonds. The van der Waals surface area contributed by atoms with Gasteiger partial charge in [0.05, 0.1) is 10.6 Å². The summed E-state index contributed by atoms with van der Waals surface area (Å²) in [4.78, 5) is 11.2. The zero-order valence-electron chi connectivity index (χ0n) is 8.65. The van der Waals surface area contributed by atoms with Crippen LogP contribution in [0.4, 0.5) is 0 Å². The van der Waals surface area contributed by atoms with Gasteiger partial charge in [-0.05, 0) is 23.3 Å². The van der Waals surface area contributed by atoms with Crippen molar-refractivity contribution in [3.8, 4) is 11.1 Å². The number of rotatable bonds is 2. The Hall–Kier alpha value is -1.51. The van der Waals surface area contributed by atoms with Gasteiger partial charge in [-0.3, -0.25) is 0 Å². The number of benzene rings is 2. The van der Waals surface area contributed by atoms with E-state index in [2.05, 4.69) is 0 Å². The van der Waals surface area contributed by atoms with Crippen molar-refractivity contribution in [2.75, 3.05) is 0 Å². The van der Waals surface area contributed by atoms with Gasteiger partial charge in [-0.25, -0.2) is 4.79 Å². The third-order valence-corrected chi connectivity index (χ3v) is 2.87. The van der Waals surface area contributed by atoms with Crippen LogP contribution in [0.5, 0.6) is 0 Å². The van der Waals surface area contributed by atoms with Gasteiger partial charge in [-0.2, -0.15) is 0 Å². The maximum Gasteiger partial charge on any atom is 0.337 e. The zero-order valence-corrected chi connectivity index (χ0v) is 10.2. The number of carboxylic acids is 1. The number of hydrogen-bond donors (Lipinski definition) is 1. The number of halogens is 2. The van der Waals surface area contributed by atoms with Crippen LogP contribution in [-0.4, -0.2) is 11.1 Å². The molecule has 2 aromatic rings.